The zero-order valence-electron chi connectivity index (χ0n) is 11.4. The highest BCUT2D eigenvalue weighted by atomic mass is 16.3. The molecule has 2 amide bonds. The number of benzene rings is 1. The Hall–Kier alpha value is -1.72. The quantitative estimate of drug-likeness (QED) is 0.760. The molecule has 0 radical (unpaired) electrons. The van der Waals surface area contributed by atoms with Crippen molar-refractivity contribution in [1.29, 1.82) is 0 Å². The summed E-state index contributed by atoms with van der Waals surface area (Å²) >= 11 is 0. The Labute approximate surface area is 122 Å². The molecule has 1 aliphatic heterocycles. The molecule has 21 heavy (non-hydrogen) atoms. The van der Waals surface area contributed by atoms with Gasteiger partial charge in [0.2, 0.25) is 11.8 Å². The lowest BCUT2D eigenvalue weighted by atomic mass is 9.78. The van der Waals surface area contributed by atoms with Gasteiger partial charge in [0.15, 0.2) is 0 Å². The molecule has 3 fully saturated rings. The monoisotopic (exact) mass is 287 g/mol. The van der Waals surface area contributed by atoms with E-state index in [4.69, 9.17) is 0 Å². The number of rotatable bonds is 2. The third-order valence-electron chi connectivity index (χ3n) is 5.37. The number of aliphatic hydroxyl groups excluding tert-OH is 2. The smallest absolute Gasteiger partial charge is 0.233 e. The molecule has 2 bridgehead atoms. The van der Waals surface area contributed by atoms with Gasteiger partial charge < -0.3 is 10.2 Å². The standard InChI is InChI=1S/C16H17NO4/c18-13-9-6-10(14(13)19)12-11(9)15(20)17(16(12)21)7-8-4-2-1-3-5-8/h1-5,9-14,18-19H,6-7H2. The number of imide groups is 1. The van der Waals surface area contributed by atoms with Gasteiger partial charge >= 0.3 is 0 Å². The lowest BCUT2D eigenvalue weighted by Gasteiger charge is -2.29. The van der Waals surface area contributed by atoms with Crippen LogP contribution >= 0.6 is 0 Å². The fourth-order valence-electron chi connectivity index (χ4n) is 4.41. The van der Waals surface area contributed by atoms with Crippen molar-refractivity contribution >= 4 is 11.8 Å². The van der Waals surface area contributed by atoms with Crippen molar-refractivity contribution in [2.45, 2.75) is 25.2 Å². The van der Waals surface area contributed by atoms with Gasteiger partial charge in [-0.3, -0.25) is 14.5 Å². The summed E-state index contributed by atoms with van der Waals surface area (Å²) in [6.45, 7) is 0.275. The first kappa shape index (κ1) is 13.0. The molecule has 4 rings (SSSR count). The molecule has 2 saturated carbocycles. The van der Waals surface area contributed by atoms with E-state index in [-0.39, 0.29) is 30.2 Å². The number of amides is 2. The molecule has 5 nitrogen and oxygen atoms in total. The van der Waals surface area contributed by atoms with E-state index in [0.29, 0.717) is 6.42 Å². The molecule has 0 aromatic heterocycles. The second-order valence-electron chi connectivity index (χ2n) is 6.34. The predicted molar refractivity (Wildman–Crippen MR) is 72.6 cm³/mol. The zero-order chi connectivity index (χ0) is 14.7. The molecule has 1 aromatic carbocycles. The van der Waals surface area contributed by atoms with Crippen molar-refractivity contribution in [2.24, 2.45) is 23.7 Å². The van der Waals surface area contributed by atoms with Crippen LogP contribution < -0.4 is 0 Å². The second-order valence-corrected chi connectivity index (χ2v) is 6.34. The summed E-state index contributed by atoms with van der Waals surface area (Å²) < 4.78 is 0. The predicted octanol–water partition coefficient (Wildman–Crippen LogP) is 0.159. The first-order chi connectivity index (χ1) is 10.1. The largest absolute Gasteiger partial charge is 0.390 e. The molecule has 110 valence electrons. The van der Waals surface area contributed by atoms with E-state index in [1.165, 1.54) is 4.90 Å². The first-order valence-corrected chi connectivity index (χ1v) is 7.35. The number of hydrogen-bond donors (Lipinski definition) is 2. The van der Waals surface area contributed by atoms with Crippen LogP contribution in [0.1, 0.15) is 12.0 Å². The third kappa shape index (κ3) is 1.64. The average molecular weight is 287 g/mol. The molecule has 2 N–H and O–H groups in total. The highest BCUT2D eigenvalue weighted by Gasteiger charge is 2.66. The highest BCUT2D eigenvalue weighted by molar-refractivity contribution is 6.06. The Morgan fingerprint density at radius 1 is 0.952 bits per heavy atom. The van der Waals surface area contributed by atoms with E-state index in [1.54, 1.807) is 0 Å². The van der Waals surface area contributed by atoms with Crippen molar-refractivity contribution in [3.05, 3.63) is 35.9 Å². The van der Waals surface area contributed by atoms with Crippen molar-refractivity contribution in [2.75, 3.05) is 0 Å². The Morgan fingerprint density at radius 3 is 2.00 bits per heavy atom. The normalized spacial score (nSPS) is 41.0. The van der Waals surface area contributed by atoms with Crippen LogP contribution in [0.4, 0.5) is 0 Å². The van der Waals surface area contributed by atoms with E-state index in [2.05, 4.69) is 0 Å². The molecule has 2 aliphatic carbocycles. The molecule has 6 atom stereocenters. The molecule has 1 aromatic rings. The second kappa shape index (κ2) is 4.39. The topological polar surface area (TPSA) is 77.8 Å². The van der Waals surface area contributed by atoms with Crippen LogP contribution in [-0.4, -0.2) is 39.1 Å². The van der Waals surface area contributed by atoms with Gasteiger partial charge in [0.25, 0.3) is 0 Å². The third-order valence-corrected chi connectivity index (χ3v) is 5.37. The summed E-state index contributed by atoms with van der Waals surface area (Å²) in [6, 6.07) is 9.40. The van der Waals surface area contributed by atoms with Crippen LogP contribution in [0.3, 0.4) is 0 Å². The van der Waals surface area contributed by atoms with Crippen LogP contribution in [-0.2, 0) is 16.1 Å². The van der Waals surface area contributed by atoms with E-state index in [0.717, 1.165) is 5.56 Å². The van der Waals surface area contributed by atoms with Gasteiger partial charge in [-0.15, -0.1) is 0 Å². The Bertz CT molecular complexity index is 570. The maximum atomic E-state index is 12.6. The Kier molecular flexibility index (Phi) is 2.71. The lowest BCUT2D eigenvalue weighted by Crippen LogP contribution is -2.43. The highest BCUT2D eigenvalue weighted by Crippen LogP contribution is 2.56. The van der Waals surface area contributed by atoms with Gasteiger partial charge in [-0.05, 0) is 12.0 Å². The summed E-state index contributed by atoms with van der Waals surface area (Å²) in [5.41, 5.74) is 0.910. The van der Waals surface area contributed by atoms with Gasteiger partial charge in [0.1, 0.15) is 0 Å². The number of aliphatic hydroxyl groups is 2. The van der Waals surface area contributed by atoms with Crippen molar-refractivity contribution in [1.82, 2.24) is 4.90 Å². The lowest BCUT2D eigenvalue weighted by molar-refractivity contribution is -0.141. The van der Waals surface area contributed by atoms with E-state index in [1.807, 2.05) is 30.3 Å². The summed E-state index contributed by atoms with van der Waals surface area (Å²) in [5.74, 6) is -1.80. The molecule has 0 spiro atoms. The summed E-state index contributed by atoms with van der Waals surface area (Å²) in [7, 11) is 0. The molecule has 1 saturated heterocycles. The minimum atomic E-state index is -0.871. The SMILES string of the molecule is O=C1C2C3CC(C(O)C3O)C2C(=O)N1Cc1ccccc1. The number of nitrogens with zero attached hydrogens (tertiary/aromatic N) is 1. The zero-order valence-corrected chi connectivity index (χ0v) is 11.4. The first-order valence-electron chi connectivity index (χ1n) is 7.35. The van der Waals surface area contributed by atoms with Gasteiger partial charge in [-0.2, -0.15) is 0 Å². The van der Waals surface area contributed by atoms with Gasteiger partial charge in [-0.25, -0.2) is 0 Å². The maximum Gasteiger partial charge on any atom is 0.233 e. The maximum absolute atomic E-state index is 12.6. The number of likely N-dealkylation sites (tertiary alicyclic amines) is 1. The van der Waals surface area contributed by atoms with Crippen LogP contribution in [0.15, 0.2) is 30.3 Å². The molecular formula is C16H17NO4. The molecule has 6 unspecified atom stereocenters. The Morgan fingerprint density at radius 2 is 1.48 bits per heavy atom. The Balaban J connectivity index is 1.62. The average Bonchev–Trinajstić information content (AvgIpc) is 3.09. The summed E-state index contributed by atoms with van der Waals surface area (Å²) in [6.07, 6.45) is -1.16. The van der Waals surface area contributed by atoms with Crippen LogP contribution in [0, 0.1) is 23.7 Å². The van der Waals surface area contributed by atoms with Crippen molar-refractivity contribution < 1.29 is 19.8 Å². The number of carbonyl (C=O) groups excluding carboxylic acids is 2. The van der Waals surface area contributed by atoms with Crippen LogP contribution in [0.25, 0.3) is 0 Å². The number of hydrogen-bond acceptors (Lipinski definition) is 4. The van der Waals surface area contributed by atoms with Gasteiger partial charge in [0, 0.05) is 11.8 Å². The van der Waals surface area contributed by atoms with Gasteiger partial charge in [-0.1, -0.05) is 30.3 Å². The molecule has 1 heterocycles. The molecule has 3 aliphatic rings. The summed E-state index contributed by atoms with van der Waals surface area (Å²) in [5, 5.41) is 20.0. The van der Waals surface area contributed by atoms with Crippen molar-refractivity contribution in [3.8, 4) is 0 Å². The number of carbonyl (C=O) groups is 2. The van der Waals surface area contributed by atoms with Crippen molar-refractivity contribution in [3.63, 3.8) is 0 Å². The fraction of sp³-hybridized carbons (Fsp3) is 0.500. The van der Waals surface area contributed by atoms with E-state index < -0.39 is 24.0 Å². The van der Waals surface area contributed by atoms with Crippen LogP contribution in [0.5, 0.6) is 0 Å². The van der Waals surface area contributed by atoms with Crippen LogP contribution in [0.2, 0.25) is 0 Å². The molecular weight excluding hydrogens is 270 g/mol. The minimum absolute atomic E-state index is 0.188. The molecule has 5 heteroatoms. The van der Waals surface area contributed by atoms with E-state index >= 15 is 0 Å². The van der Waals surface area contributed by atoms with E-state index in [9.17, 15) is 19.8 Å². The van der Waals surface area contributed by atoms with Gasteiger partial charge in [0.05, 0.1) is 30.6 Å². The minimum Gasteiger partial charge on any atom is -0.390 e. The summed E-state index contributed by atoms with van der Waals surface area (Å²) in [4.78, 5) is 26.4. The fourth-order valence-corrected chi connectivity index (χ4v) is 4.41. The number of fused-ring (bicyclic) bond motifs is 5.